The normalized spacial score (nSPS) is 20.1. The van der Waals surface area contributed by atoms with Crippen LogP contribution in [0.5, 0.6) is 0 Å². The van der Waals surface area contributed by atoms with Crippen molar-refractivity contribution in [2.24, 2.45) is 0 Å². The van der Waals surface area contributed by atoms with Gasteiger partial charge in [-0.25, -0.2) is 4.39 Å². The molecule has 1 N–H and O–H groups in total. The molecule has 5 nitrogen and oxygen atoms in total. The maximum absolute atomic E-state index is 13.5. The minimum Gasteiger partial charge on any atom is -0.371 e. The molecule has 0 spiro atoms. The predicted molar refractivity (Wildman–Crippen MR) is 139 cm³/mol. The number of pyridine rings is 1. The van der Waals surface area contributed by atoms with Crippen LogP contribution in [-0.2, 0) is 6.42 Å². The zero-order valence-corrected chi connectivity index (χ0v) is 20.6. The largest absolute Gasteiger partial charge is 0.371 e. The number of benzene rings is 1. The summed E-state index contributed by atoms with van der Waals surface area (Å²) in [5, 5.41) is 3.82. The number of hydrogen-bond acceptors (Lipinski definition) is 5. The molecule has 3 aliphatic rings. The average Bonchev–Trinajstić information content (AvgIpc) is 3.28. The summed E-state index contributed by atoms with van der Waals surface area (Å²) in [4.78, 5) is 12.0. The Labute approximate surface area is 203 Å². The van der Waals surface area contributed by atoms with Gasteiger partial charge >= 0.3 is 0 Å². The molecule has 0 saturated carbocycles. The molecule has 0 atom stereocenters. The van der Waals surface area contributed by atoms with Gasteiger partial charge in [0.2, 0.25) is 0 Å². The van der Waals surface area contributed by atoms with Crippen LogP contribution >= 0.6 is 0 Å². The van der Waals surface area contributed by atoms with Gasteiger partial charge in [-0.3, -0.25) is 14.8 Å². The van der Waals surface area contributed by atoms with E-state index >= 15 is 0 Å². The van der Waals surface area contributed by atoms with Crippen molar-refractivity contribution in [2.75, 3.05) is 57.3 Å². The molecule has 0 amide bonds. The molecule has 2 fully saturated rings. The minimum absolute atomic E-state index is 0.268. The number of anilines is 1. The summed E-state index contributed by atoms with van der Waals surface area (Å²) >= 11 is 0. The lowest BCUT2D eigenvalue weighted by molar-refractivity contribution is 0.108. The van der Waals surface area contributed by atoms with Gasteiger partial charge in [-0.2, -0.15) is 0 Å². The van der Waals surface area contributed by atoms with E-state index in [1.165, 1.54) is 62.0 Å². The lowest BCUT2D eigenvalue weighted by Gasteiger charge is -2.37. The fourth-order valence-electron chi connectivity index (χ4n) is 5.53. The van der Waals surface area contributed by atoms with Crippen molar-refractivity contribution in [1.82, 2.24) is 20.1 Å². The van der Waals surface area contributed by atoms with Crippen molar-refractivity contribution in [1.29, 1.82) is 0 Å². The van der Waals surface area contributed by atoms with E-state index in [1.54, 1.807) is 6.07 Å². The van der Waals surface area contributed by atoms with E-state index in [1.807, 2.05) is 0 Å². The number of nitrogens with one attached hydrogen (secondary N) is 1. The first kappa shape index (κ1) is 23.5. The van der Waals surface area contributed by atoms with Crippen LogP contribution in [0.3, 0.4) is 0 Å². The Bertz CT molecular complexity index is 1000. The molecule has 0 unspecified atom stereocenters. The average molecular weight is 464 g/mol. The van der Waals surface area contributed by atoms with Crippen LogP contribution in [-0.4, -0.2) is 79.2 Å². The van der Waals surface area contributed by atoms with Gasteiger partial charge in [0.15, 0.2) is 0 Å². The Morgan fingerprint density at radius 3 is 2.62 bits per heavy atom. The highest BCUT2D eigenvalue weighted by atomic mass is 19.1. The summed E-state index contributed by atoms with van der Waals surface area (Å²) < 4.78 is 13.5. The second-order valence-electron chi connectivity index (χ2n) is 10.3. The van der Waals surface area contributed by atoms with Crippen LogP contribution in [0.15, 0.2) is 36.5 Å². The summed E-state index contributed by atoms with van der Waals surface area (Å²) in [7, 11) is 0. The summed E-state index contributed by atoms with van der Waals surface area (Å²) in [6, 6.07) is 11.7. The van der Waals surface area contributed by atoms with Gasteiger partial charge in [0.1, 0.15) is 5.82 Å². The SMILES string of the molecule is CC(C)N1CCN(CCNC2CCN(c3cccc(C4=Cc5cc(F)cnc5C4)c3)CC2)CC1. The van der Waals surface area contributed by atoms with Gasteiger partial charge < -0.3 is 10.2 Å². The number of hydrogen-bond donors (Lipinski definition) is 1. The van der Waals surface area contributed by atoms with Crippen molar-refractivity contribution in [3.05, 3.63) is 59.2 Å². The van der Waals surface area contributed by atoms with E-state index < -0.39 is 0 Å². The molecule has 6 heteroatoms. The number of allylic oxidation sites excluding steroid dienone is 1. The Morgan fingerprint density at radius 1 is 1.06 bits per heavy atom. The monoisotopic (exact) mass is 463 g/mol. The second kappa shape index (κ2) is 10.5. The van der Waals surface area contributed by atoms with E-state index in [2.05, 4.69) is 69.2 Å². The zero-order chi connectivity index (χ0) is 23.5. The van der Waals surface area contributed by atoms with Gasteiger partial charge in [0.25, 0.3) is 0 Å². The number of halogens is 1. The van der Waals surface area contributed by atoms with Crippen LogP contribution in [0.2, 0.25) is 0 Å². The highest BCUT2D eigenvalue weighted by Gasteiger charge is 2.22. The Morgan fingerprint density at radius 2 is 1.85 bits per heavy atom. The Balaban J connectivity index is 1.08. The maximum Gasteiger partial charge on any atom is 0.142 e. The molecular formula is C28H38FN5. The molecule has 5 rings (SSSR count). The molecule has 0 bridgehead atoms. The van der Waals surface area contributed by atoms with Crippen LogP contribution in [0.25, 0.3) is 11.6 Å². The highest BCUT2D eigenvalue weighted by molar-refractivity contribution is 5.88. The van der Waals surface area contributed by atoms with E-state index in [4.69, 9.17) is 0 Å². The Hall–Kier alpha value is -2.28. The molecule has 2 saturated heterocycles. The molecule has 1 aromatic heterocycles. The number of rotatable bonds is 7. The van der Waals surface area contributed by atoms with E-state index in [-0.39, 0.29) is 5.82 Å². The first-order valence-electron chi connectivity index (χ1n) is 13.0. The van der Waals surface area contributed by atoms with Gasteiger partial charge in [-0.1, -0.05) is 12.1 Å². The van der Waals surface area contributed by atoms with Crippen molar-refractivity contribution < 1.29 is 4.39 Å². The van der Waals surface area contributed by atoms with Crippen molar-refractivity contribution >= 4 is 17.3 Å². The summed E-state index contributed by atoms with van der Waals surface area (Å²) in [6.07, 6.45) is 6.55. The van der Waals surface area contributed by atoms with Crippen LogP contribution in [0.4, 0.5) is 10.1 Å². The lowest BCUT2D eigenvalue weighted by atomic mass is 10.0. The molecule has 34 heavy (non-hydrogen) atoms. The third kappa shape index (κ3) is 5.51. The van der Waals surface area contributed by atoms with Crippen LogP contribution < -0.4 is 10.2 Å². The second-order valence-corrected chi connectivity index (χ2v) is 10.3. The molecule has 1 aliphatic carbocycles. The molecule has 182 valence electrons. The fourth-order valence-corrected chi connectivity index (χ4v) is 5.53. The number of aromatic nitrogens is 1. The van der Waals surface area contributed by atoms with Crippen LogP contribution in [0, 0.1) is 5.82 Å². The lowest BCUT2D eigenvalue weighted by Crippen LogP contribution is -2.51. The topological polar surface area (TPSA) is 34.6 Å². The zero-order valence-electron chi connectivity index (χ0n) is 20.6. The van der Waals surface area contributed by atoms with Gasteiger partial charge in [0, 0.05) is 76.5 Å². The van der Waals surface area contributed by atoms with E-state index in [9.17, 15) is 4.39 Å². The van der Waals surface area contributed by atoms with Gasteiger partial charge in [0.05, 0.1) is 11.9 Å². The quantitative estimate of drug-likeness (QED) is 0.674. The standard InChI is InChI=1S/C28H38FN5/c1-21(2)33-14-12-32(13-15-33)11-8-30-26-6-9-34(10-7-26)27-5-3-4-22(18-27)23-16-24-17-25(29)20-31-28(24)19-23/h3-5,16-18,20-21,26,30H,6-15,19H2,1-2H3. The van der Waals surface area contributed by atoms with Crippen molar-refractivity contribution in [2.45, 2.75) is 45.2 Å². The smallest absolute Gasteiger partial charge is 0.142 e. The predicted octanol–water partition coefficient (Wildman–Crippen LogP) is 3.90. The van der Waals surface area contributed by atoms with Crippen molar-refractivity contribution in [3.63, 3.8) is 0 Å². The third-order valence-corrected chi connectivity index (χ3v) is 7.73. The molecular weight excluding hydrogens is 425 g/mol. The molecule has 2 aliphatic heterocycles. The molecule has 0 radical (unpaired) electrons. The fraction of sp³-hybridized carbons (Fsp3) is 0.536. The summed E-state index contributed by atoms with van der Waals surface area (Å²) in [5.74, 6) is -0.268. The maximum atomic E-state index is 13.5. The van der Waals surface area contributed by atoms with E-state index in [0.717, 1.165) is 43.9 Å². The summed E-state index contributed by atoms with van der Waals surface area (Å²) in [5.41, 5.74) is 5.61. The summed E-state index contributed by atoms with van der Waals surface area (Å²) in [6.45, 7) is 13.8. The number of piperazine rings is 1. The molecule has 1 aromatic carbocycles. The van der Waals surface area contributed by atoms with Gasteiger partial charge in [-0.05, 0) is 67.7 Å². The minimum atomic E-state index is -0.268. The molecule has 3 heterocycles. The number of nitrogens with zero attached hydrogens (tertiary/aromatic N) is 4. The molecule has 2 aromatic rings. The third-order valence-electron chi connectivity index (χ3n) is 7.73. The van der Waals surface area contributed by atoms with Crippen molar-refractivity contribution in [3.8, 4) is 0 Å². The Kier molecular flexibility index (Phi) is 7.28. The number of fused-ring (bicyclic) bond motifs is 1. The first-order valence-corrected chi connectivity index (χ1v) is 13.0. The van der Waals surface area contributed by atoms with Gasteiger partial charge in [-0.15, -0.1) is 0 Å². The first-order chi connectivity index (χ1) is 16.5. The highest BCUT2D eigenvalue weighted by Crippen LogP contribution is 2.32. The van der Waals surface area contributed by atoms with Crippen LogP contribution in [0.1, 0.15) is 43.5 Å². The number of piperidine rings is 1. The van der Waals surface area contributed by atoms with E-state index in [0.29, 0.717) is 12.1 Å².